The molecule has 2 aromatic rings. The number of hydrogen-bond donors (Lipinski definition) is 2. The molecule has 4 heterocycles. The summed E-state index contributed by atoms with van der Waals surface area (Å²) in [6.07, 6.45) is 10.7. The first-order chi connectivity index (χ1) is 19.4. The number of pyridine rings is 1. The average molecular weight is 545 g/mol. The van der Waals surface area contributed by atoms with Gasteiger partial charge in [0.2, 0.25) is 17.7 Å². The van der Waals surface area contributed by atoms with Gasteiger partial charge >= 0.3 is 0 Å². The second kappa shape index (κ2) is 10.7. The predicted octanol–water partition coefficient (Wildman–Crippen LogP) is 3.46. The smallest absolute Gasteiger partial charge is 0.246 e. The minimum absolute atomic E-state index is 0.0494. The van der Waals surface area contributed by atoms with Crippen LogP contribution in [0.3, 0.4) is 0 Å². The zero-order valence-corrected chi connectivity index (χ0v) is 22.9. The quantitative estimate of drug-likeness (QED) is 0.493. The molecule has 1 aliphatic carbocycles. The van der Waals surface area contributed by atoms with Crippen LogP contribution in [0.5, 0.6) is 5.75 Å². The van der Waals surface area contributed by atoms with Crippen LogP contribution in [0.1, 0.15) is 45.1 Å². The third kappa shape index (κ3) is 4.56. The number of ether oxygens (including phenoxy) is 2. The molecule has 2 N–H and O–H groups in total. The Kier molecular flexibility index (Phi) is 7.08. The number of anilines is 1. The van der Waals surface area contributed by atoms with Crippen molar-refractivity contribution >= 4 is 23.4 Å². The van der Waals surface area contributed by atoms with E-state index in [1.807, 2.05) is 31.2 Å². The lowest BCUT2D eigenvalue weighted by Crippen LogP contribution is -2.57. The number of nitrogens with zero attached hydrogens (tertiary/aromatic N) is 2. The molecule has 0 unspecified atom stereocenters. The maximum absolute atomic E-state index is 14.1. The summed E-state index contributed by atoms with van der Waals surface area (Å²) in [5.41, 5.74) is 0.213. The number of aromatic nitrogens is 1. The first-order valence-electron chi connectivity index (χ1n) is 14.3. The lowest BCUT2D eigenvalue weighted by atomic mass is 9.74. The Bertz CT molecular complexity index is 1300. The van der Waals surface area contributed by atoms with E-state index >= 15 is 0 Å². The van der Waals surface area contributed by atoms with Crippen LogP contribution < -0.4 is 15.4 Å². The molecule has 3 aliphatic heterocycles. The van der Waals surface area contributed by atoms with E-state index < -0.39 is 29.6 Å². The number of carbonyl (C=O) groups excluding carboxylic acids is 3. The lowest BCUT2D eigenvalue weighted by molar-refractivity contribution is -0.142. The van der Waals surface area contributed by atoms with E-state index in [2.05, 4.69) is 22.5 Å². The van der Waals surface area contributed by atoms with Crippen molar-refractivity contribution in [1.82, 2.24) is 15.2 Å². The second-order valence-corrected chi connectivity index (χ2v) is 11.4. The fourth-order valence-electron chi connectivity index (χ4n) is 6.95. The molecule has 9 heteroatoms. The topological polar surface area (TPSA) is 110 Å². The van der Waals surface area contributed by atoms with Crippen LogP contribution >= 0.6 is 0 Å². The molecular formula is C31H36N4O5. The standard InChI is InChI=1S/C31H36N4O5/c1-3-39-22-12-10-21(11-13-22)33-28(36)25-24-14-15-31(40-24)26(25)30(38)35(18-20-8-6-16-32-17-20)27(31)29(37)34-23-9-5-4-7-19(23)2/h6,8,10-17,19,23-27H,3-5,7,9,18H2,1-2H3,(H,33,36)(H,34,37)/t19-,23+,24-,25+,26-,27-,31-/m0/s1. The zero-order valence-electron chi connectivity index (χ0n) is 22.9. The van der Waals surface area contributed by atoms with Crippen LogP contribution in [0.2, 0.25) is 0 Å². The van der Waals surface area contributed by atoms with Gasteiger partial charge in [-0.15, -0.1) is 0 Å². The van der Waals surface area contributed by atoms with E-state index in [-0.39, 0.29) is 30.3 Å². The highest BCUT2D eigenvalue weighted by molar-refractivity contribution is 6.02. The van der Waals surface area contributed by atoms with Crippen LogP contribution in [-0.2, 0) is 25.7 Å². The van der Waals surface area contributed by atoms with Gasteiger partial charge in [-0.2, -0.15) is 0 Å². The minimum Gasteiger partial charge on any atom is -0.494 e. The van der Waals surface area contributed by atoms with E-state index in [0.717, 1.165) is 31.2 Å². The number of carbonyl (C=O) groups is 3. The highest BCUT2D eigenvalue weighted by Crippen LogP contribution is 2.55. The Morgan fingerprint density at radius 2 is 1.95 bits per heavy atom. The van der Waals surface area contributed by atoms with Gasteiger partial charge in [0.1, 0.15) is 17.4 Å². The highest BCUT2D eigenvalue weighted by atomic mass is 16.5. The molecule has 210 valence electrons. The largest absolute Gasteiger partial charge is 0.494 e. The van der Waals surface area contributed by atoms with Crippen molar-refractivity contribution in [3.8, 4) is 5.75 Å². The van der Waals surface area contributed by atoms with Gasteiger partial charge in [0, 0.05) is 30.7 Å². The van der Waals surface area contributed by atoms with Gasteiger partial charge in [0.05, 0.1) is 24.5 Å². The zero-order chi connectivity index (χ0) is 27.9. The normalized spacial score (nSPS) is 32.1. The fourth-order valence-corrected chi connectivity index (χ4v) is 6.95. The molecule has 1 aromatic carbocycles. The molecule has 6 rings (SSSR count). The Balaban J connectivity index is 1.29. The van der Waals surface area contributed by atoms with Crippen molar-refractivity contribution in [1.29, 1.82) is 0 Å². The molecule has 2 saturated heterocycles. The van der Waals surface area contributed by atoms with Gasteiger partial charge in [0.25, 0.3) is 0 Å². The first-order valence-corrected chi connectivity index (χ1v) is 14.3. The maximum atomic E-state index is 14.1. The molecule has 4 aliphatic rings. The van der Waals surface area contributed by atoms with E-state index in [4.69, 9.17) is 9.47 Å². The number of benzene rings is 1. The fraction of sp³-hybridized carbons (Fsp3) is 0.484. The Morgan fingerprint density at radius 1 is 1.15 bits per heavy atom. The number of rotatable bonds is 8. The lowest BCUT2D eigenvalue weighted by Gasteiger charge is -2.36. The van der Waals surface area contributed by atoms with E-state index in [1.54, 1.807) is 41.6 Å². The SMILES string of the molecule is CCOc1ccc(NC(=O)[C@@H]2[C@@H]3C=C[C@]4(O3)[C@@H]2C(=O)N(Cc2cccnc2)[C@H]4C(=O)N[C@@H]2CCCC[C@@H]2C)cc1. The summed E-state index contributed by atoms with van der Waals surface area (Å²) in [5.74, 6) is -1.27. The summed E-state index contributed by atoms with van der Waals surface area (Å²) in [5, 5.41) is 6.22. The number of likely N-dealkylation sites (tertiary alicyclic amines) is 1. The van der Waals surface area contributed by atoms with Crippen molar-refractivity contribution in [2.75, 3.05) is 11.9 Å². The highest BCUT2D eigenvalue weighted by Gasteiger charge is 2.72. The Hall–Kier alpha value is -3.72. The number of nitrogens with one attached hydrogen (secondary N) is 2. The molecule has 9 nitrogen and oxygen atoms in total. The van der Waals surface area contributed by atoms with Crippen molar-refractivity contribution in [2.45, 2.75) is 69.9 Å². The van der Waals surface area contributed by atoms with Crippen LogP contribution in [-0.4, -0.2) is 58.0 Å². The maximum Gasteiger partial charge on any atom is 0.246 e. The average Bonchev–Trinajstić information content (AvgIpc) is 3.59. The molecular weight excluding hydrogens is 508 g/mol. The third-order valence-electron chi connectivity index (χ3n) is 8.87. The Labute approximate surface area is 234 Å². The van der Waals surface area contributed by atoms with Crippen LogP contribution in [0, 0.1) is 17.8 Å². The minimum atomic E-state index is -1.20. The van der Waals surface area contributed by atoms with E-state index in [0.29, 0.717) is 24.0 Å². The summed E-state index contributed by atoms with van der Waals surface area (Å²) in [6.45, 7) is 4.83. The van der Waals surface area contributed by atoms with Gasteiger partial charge in [-0.05, 0) is 61.6 Å². The molecule has 1 spiro atoms. The van der Waals surface area contributed by atoms with E-state index in [1.165, 1.54) is 0 Å². The summed E-state index contributed by atoms with van der Waals surface area (Å²) >= 11 is 0. The summed E-state index contributed by atoms with van der Waals surface area (Å²) in [4.78, 5) is 47.6. The van der Waals surface area contributed by atoms with Crippen LogP contribution in [0.15, 0.2) is 60.9 Å². The van der Waals surface area contributed by atoms with Crippen molar-refractivity contribution in [2.24, 2.45) is 17.8 Å². The molecule has 3 fully saturated rings. The monoisotopic (exact) mass is 544 g/mol. The van der Waals surface area contributed by atoms with Gasteiger partial charge in [-0.25, -0.2) is 0 Å². The van der Waals surface area contributed by atoms with Crippen molar-refractivity contribution in [3.05, 3.63) is 66.5 Å². The Morgan fingerprint density at radius 3 is 2.67 bits per heavy atom. The molecule has 2 bridgehead atoms. The van der Waals surface area contributed by atoms with Crippen LogP contribution in [0.25, 0.3) is 0 Å². The number of hydrogen-bond acceptors (Lipinski definition) is 6. The molecule has 40 heavy (non-hydrogen) atoms. The summed E-state index contributed by atoms with van der Waals surface area (Å²) < 4.78 is 12.0. The van der Waals surface area contributed by atoms with Gasteiger partial charge in [-0.1, -0.05) is 38.0 Å². The second-order valence-electron chi connectivity index (χ2n) is 11.4. The van der Waals surface area contributed by atoms with Gasteiger partial charge in [0.15, 0.2) is 0 Å². The van der Waals surface area contributed by atoms with Gasteiger partial charge in [-0.3, -0.25) is 19.4 Å². The third-order valence-corrected chi connectivity index (χ3v) is 8.87. The summed E-state index contributed by atoms with van der Waals surface area (Å²) in [6, 6.07) is 9.99. The molecule has 7 atom stereocenters. The van der Waals surface area contributed by atoms with E-state index in [9.17, 15) is 14.4 Å². The predicted molar refractivity (Wildman–Crippen MR) is 148 cm³/mol. The van der Waals surface area contributed by atoms with Crippen LogP contribution in [0.4, 0.5) is 5.69 Å². The summed E-state index contributed by atoms with van der Waals surface area (Å²) in [7, 11) is 0. The van der Waals surface area contributed by atoms with Crippen molar-refractivity contribution < 1.29 is 23.9 Å². The van der Waals surface area contributed by atoms with Gasteiger partial charge < -0.3 is 25.0 Å². The number of fused-ring (bicyclic) bond motifs is 1. The number of amides is 3. The molecule has 1 saturated carbocycles. The van der Waals surface area contributed by atoms with Crippen molar-refractivity contribution in [3.63, 3.8) is 0 Å². The molecule has 1 aromatic heterocycles. The first kappa shape index (κ1) is 26.5. The molecule has 0 radical (unpaired) electrons. The molecule has 3 amide bonds.